The minimum absolute atomic E-state index is 0.358. The number of aromatic nitrogens is 1. The van der Waals surface area contributed by atoms with E-state index in [-0.39, 0.29) is 0 Å². The van der Waals surface area contributed by atoms with Gasteiger partial charge in [-0.15, -0.1) is 0 Å². The first-order valence-corrected chi connectivity index (χ1v) is 7.10. The Bertz CT molecular complexity index is 313. The number of thioether (sulfide) groups is 1. The van der Waals surface area contributed by atoms with Crippen molar-refractivity contribution in [2.75, 3.05) is 18.1 Å². The lowest BCUT2D eigenvalue weighted by Crippen LogP contribution is -2.31. The Labute approximate surface area is 103 Å². The first-order chi connectivity index (χ1) is 7.65. The summed E-state index contributed by atoms with van der Waals surface area (Å²) in [6.07, 6.45) is 6.45. The van der Waals surface area contributed by atoms with Gasteiger partial charge in [0.05, 0.1) is 0 Å². The Balaban J connectivity index is 2.62. The molecule has 2 nitrogen and oxygen atoms in total. The maximum Gasteiger partial charge on any atom is 0.0393 e. The molecule has 0 aromatic carbocycles. The van der Waals surface area contributed by atoms with Crippen molar-refractivity contribution in [2.24, 2.45) is 0 Å². The van der Waals surface area contributed by atoms with Gasteiger partial charge in [0, 0.05) is 28.9 Å². The van der Waals surface area contributed by atoms with Crippen molar-refractivity contribution in [3.8, 4) is 0 Å². The van der Waals surface area contributed by atoms with Gasteiger partial charge in [0.1, 0.15) is 0 Å². The molecule has 1 N–H and O–H groups in total. The monoisotopic (exact) mass is 238 g/mol. The van der Waals surface area contributed by atoms with Crippen LogP contribution < -0.4 is 5.32 Å². The van der Waals surface area contributed by atoms with Crippen LogP contribution in [0.3, 0.4) is 0 Å². The Morgan fingerprint density at radius 2 is 2.06 bits per heavy atom. The van der Waals surface area contributed by atoms with Gasteiger partial charge in [-0.25, -0.2) is 0 Å². The summed E-state index contributed by atoms with van der Waals surface area (Å²) >= 11 is 1.96. The lowest BCUT2D eigenvalue weighted by atomic mass is 10.0. The number of nitrogens with zero attached hydrogens (tertiary/aromatic N) is 1. The van der Waals surface area contributed by atoms with Crippen LogP contribution in [0.2, 0.25) is 0 Å². The molecule has 0 aliphatic rings. The fraction of sp³-hybridized carbons (Fsp3) is 0.615. The molecule has 3 heteroatoms. The van der Waals surface area contributed by atoms with Crippen LogP contribution in [-0.2, 0) is 0 Å². The van der Waals surface area contributed by atoms with Crippen molar-refractivity contribution >= 4 is 17.4 Å². The average molecular weight is 238 g/mol. The second-order valence-corrected chi connectivity index (χ2v) is 5.41. The number of anilines is 1. The van der Waals surface area contributed by atoms with Gasteiger partial charge in [-0.05, 0) is 38.2 Å². The van der Waals surface area contributed by atoms with Crippen LogP contribution in [0.4, 0.5) is 5.69 Å². The van der Waals surface area contributed by atoms with E-state index in [0.29, 0.717) is 4.75 Å². The molecule has 0 fully saturated rings. The topological polar surface area (TPSA) is 24.9 Å². The normalized spacial score (nSPS) is 11.5. The molecule has 1 aromatic heterocycles. The molecule has 16 heavy (non-hydrogen) atoms. The van der Waals surface area contributed by atoms with Crippen LogP contribution >= 0.6 is 11.8 Å². The molecule has 1 heterocycles. The Hall–Kier alpha value is -0.700. The minimum atomic E-state index is 0.358. The van der Waals surface area contributed by atoms with Crippen LogP contribution in [0, 0.1) is 6.92 Å². The number of pyridine rings is 1. The lowest BCUT2D eigenvalue weighted by molar-refractivity contribution is 0.574. The maximum atomic E-state index is 4.20. The number of nitrogens with one attached hydrogen (secondary N) is 1. The number of aryl methyl sites for hydroxylation is 1. The Kier molecular flexibility index (Phi) is 5.13. The fourth-order valence-corrected chi connectivity index (χ4v) is 2.57. The van der Waals surface area contributed by atoms with Crippen molar-refractivity contribution in [1.29, 1.82) is 0 Å². The van der Waals surface area contributed by atoms with E-state index in [1.807, 2.05) is 30.9 Å². The average Bonchev–Trinajstić information content (AvgIpc) is 2.32. The minimum Gasteiger partial charge on any atom is -0.384 e. The van der Waals surface area contributed by atoms with Gasteiger partial charge < -0.3 is 5.32 Å². The third kappa shape index (κ3) is 3.41. The highest BCUT2D eigenvalue weighted by Gasteiger charge is 2.24. The standard InChI is InChI=1S/C13H22N2S/c1-5-13(6-2,16-4)10-15-12-7-8-14-11(3)9-12/h7-9H,5-6,10H2,1-4H3,(H,14,15). The Morgan fingerprint density at radius 3 is 2.56 bits per heavy atom. The van der Waals surface area contributed by atoms with Gasteiger partial charge in [-0.1, -0.05) is 13.8 Å². The van der Waals surface area contributed by atoms with E-state index >= 15 is 0 Å². The van der Waals surface area contributed by atoms with Gasteiger partial charge in [0.15, 0.2) is 0 Å². The highest BCUT2D eigenvalue weighted by Crippen LogP contribution is 2.30. The zero-order valence-corrected chi connectivity index (χ0v) is 11.5. The summed E-state index contributed by atoms with van der Waals surface area (Å²) in [7, 11) is 0. The molecule has 0 spiro atoms. The second-order valence-electron chi connectivity index (χ2n) is 4.13. The molecule has 1 rings (SSSR count). The first kappa shape index (κ1) is 13.4. The SMILES string of the molecule is CCC(CC)(CNc1ccnc(C)c1)SC. The van der Waals surface area contributed by atoms with E-state index in [0.717, 1.165) is 12.2 Å². The third-order valence-electron chi connectivity index (χ3n) is 3.23. The highest BCUT2D eigenvalue weighted by molar-refractivity contribution is 8.00. The maximum absolute atomic E-state index is 4.20. The van der Waals surface area contributed by atoms with Gasteiger partial charge in [0.25, 0.3) is 0 Å². The van der Waals surface area contributed by atoms with E-state index in [2.05, 4.69) is 36.5 Å². The van der Waals surface area contributed by atoms with Crippen LogP contribution in [0.5, 0.6) is 0 Å². The molecule has 0 radical (unpaired) electrons. The van der Waals surface area contributed by atoms with Crippen molar-refractivity contribution in [2.45, 2.75) is 38.4 Å². The molecule has 0 saturated heterocycles. The summed E-state index contributed by atoms with van der Waals surface area (Å²) < 4.78 is 0.358. The molecule has 1 aromatic rings. The zero-order valence-electron chi connectivity index (χ0n) is 10.7. The summed E-state index contributed by atoms with van der Waals surface area (Å²) in [5, 5.41) is 3.52. The van der Waals surface area contributed by atoms with Crippen LogP contribution in [0.25, 0.3) is 0 Å². The highest BCUT2D eigenvalue weighted by atomic mass is 32.2. The van der Waals surface area contributed by atoms with E-state index in [9.17, 15) is 0 Å². The molecule has 0 bridgehead atoms. The third-order valence-corrected chi connectivity index (χ3v) is 4.82. The van der Waals surface area contributed by atoms with Crippen molar-refractivity contribution in [3.63, 3.8) is 0 Å². The number of hydrogen-bond donors (Lipinski definition) is 1. The summed E-state index contributed by atoms with van der Waals surface area (Å²) in [6, 6.07) is 4.12. The van der Waals surface area contributed by atoms with Crippen LogP contribution in [0.15, 0.2) is 18.3 Å². The second kappa shape index (κ2) is 6.14. The summed E-state index contributed by atoms with van der Waals surface area (Å²) in [5.74, 6) is 0. The largest absolute Gasteiger partial charge is 0.384 e. The van der Waals surface area contributed by atoms with E-state index in [1.165, 1.54) is 18.5 Å². The predicted molar refractivity (Wildman–Crippen MR) is 74.3 cm³/mol. The smallest absolute Gasteiger partial charge is 0.0393 e. The predicted octanol–water partition coefficient (Wildman–Crippen LogP) is 3.72. The molecule has 90 valence electrons. The van der Waals surface area contributed by atoms with Crippen molar-refractivity contribution in [3.05, 3.63) is 24.0 Å². The molecular formula is C13H22N2S. The quantitative estimate of drug-likeness (QED) is 0.817. The molecule has 0 aliphatic carbocycles. The molecule has 0 unspecified atom stereocenters. The molecular weight excluding hydrogens is 216 g/mol. The van der Waals surface area contributed by atoms with E-state index in [1.54, 1.807) is 0 Å². The zero-order chi connectivity index (χ0) is 12.0. The van der Waals surface area contributed by atoms with E-state index < -0.39 is 0 Å². The van der Waals surface area contributed by atoms with Crippen molar-refractivity contribution < 1.29 is 0 Å². The van der Waals surface area contributed by atoms with Gasteiger partial charge >= 0.3 is 0 Å². The molecule has 0 saturated carbocycles. The lowest BCUT2D eigenvalue weighted by Gasteiger charge is -2.30. The summed E-state index contributed by atoms with van der Waals surface area (Å²) in [6.45, 7) is 7.57. The van der Waals surface area contributed by atoms with E-state index in [4.69, 9.17) is 0 Å². The molecule has 0 amide bonds. The summed E-state index contributed by atoms with van der Waals surface area (Å²) in [5.41, 5.74) is 2.24. The number of rotatable bonds is 6. The van der Waals surface area contributed by atoms with Crippen LogP contribution in [0.1, 0.15) is 32.4 Å². The Morgan fingerprint density at radius 1 is 1.38 bits per heavy atom. The molecule has 0 atom stereocenters. The fourth-order valence-electron chi connectivity index (χ4n) is 1.78. The first-order valence-electron chi connectivity index (χ1n) is 5.87. The van der Waals surface area contributed by atoms with Crippen molar-refractivity contribution in [1.82, 2.24) is 4.98 Å². The number of hydrogen-bond acceptors (Lipinski definition) is 3. The summed E-state index contributed by atoms with van der Waals surface area (Å²) in [4.78, 5) is 4.20. The van der Waals surface area contributed by atoms with Gasteiger partial charge in [-0.3, -0.25) is 4.98 Å². The van der Waals surface area contributed by atoms with Gasteiger partial charge in [-0.2, -0.15) is 11.8 Å². The van der Waals surface area contributed by atoms with Crippen LogP contribution in [-0.4, -0.2) is 22.5 Å². The van der Waals surface area contributed by atoms with Gasteiger partial charge in [0.2, 0.25) is 0 Å². The molecule has 0 aliphatic heterocycles.